The van der Waals surface area contributed by atoms with Gasteiger partial charge in [-0.2, -0.15) is 0 Å². The van der Waals surface area contributed by atoms with Gasteiger partial charge in [0.2, 0.25) is 5.91 Å². The molecule has 0 saturated carbocycles. The smallest absolute Gasteiger partial charge is 0.221 e. The first-order valence-corrected chi connectivity index (χ1v) is 7.87. The van der Waals surface area contributed by atoms with Crippen LogP contribution in [0, 0.1) is 18.8 Å². The van der Waals surface area contributed by atoms with Gasteiger partial charge in [0.05, 0.1) is 11.4 Å². The van der Waals surface area contributed by atoms with E-state index in [1.807, 2.05) is 49.4 Å². The highest BCUT2D eigenvalue weighted by molar-refractivity contribution is 7.14. The van der Waals surface area contributed by atoms with Crippen LogP contribution in [0.5, 0.6) is 0 Å². The highest BCUT2D eigenvalue weighted by atomic mass is 32.1. The Hall–Kier alpha value is -2.38. The van der Waals surface area contributed by atoms with Crippen LogP contribution in [0.3, 0.4) is 0 Å². The second kappa shape index (κ2) is 8.16. The van der Waals surface area contributed by atoms with E-state index in [4.69, 9.17) is 0 Å². The van der Waals surface area contributed by atoms with E-state index < -0.39 is 0 Å². The number of carbonyl (C=O) groups is 2. The third-order valence-electron chi connectivity index (χ3n) is 2.97. The van der Waals surface area contributed by atoms with Gasteiger partial charge < -0.3 is 5.32 Å². The van der Waals surface area contributed by atoms with Crippen molar-refractivity contribution in [2.45, 2.75) is 19.8 Å². The number of rotatable bonds is 5. The van der Waals surface area contributed by atoms with E-state index in [2.05, 4.69) is 17.2 Å². The van der Waals surface area contributed by atoms with Crippen molar-refractivity contribution in [2.75, 3.05) is 6.54 Å². The number of ketones is 1. The monoisotopic (exact) mass is 311 g/mol. The van der Waals surface area contributed by atoms with Crippen molar-refractivity contribution in [3.05, 3.63) is 57.8 Å². The molecule has 1 aromatic heterocycles. The van der Waals surface area contributed by atoms with Gasteiger partial charge in [-0.1, -0.05) is 30.0 Å². The second-order valence-electron chi connectivity index (χ2n) is 4.78. The van der Waals surface area contributed by atoms with Crippen molar-refractivity contribution in [1.82, 2.24) is 5.32 Å². The highest BCUT2D eigenvalue weighted by Gasteiger charge is 2.10. The number of amides is 1. The van der Waals surface area contributed by atoms with Crippen molar-refractivity contribution in [1.29, 1.82) is 0 Å². The molecular formula is C18H17NO2S. The molecular weight excluding hydrogens is 294 g/mol. The lowest BCUT2D eigenvalue weighted by molar-refractivity contribution is -0.120. The van der Waals surface area contributed by atoms with Gasteiger partial charge in [0.15, 0.2) is 5.78 Å². The van der Waals surface area contributed by atoms with Crippen LogP contribution in [-0.2, 0) is 4.79 Å². The SMILES string of the molecule is Cc1ccc(C(=O)CCC(=O)NCC#Cc2ccccc2)s1. The molecule has 0 unspecified atom stereocenters. The molecule has 1 aromatic carbocycles. The minimum atomic E-state index is -0.149. The number of carbonyl (C=O) groups excluding carboxylic acids is 2. The number of thiophene rings is 1. The lowest BCUT2D eigenvalue weighted by Crippen LogP contribution is -2.23. The van der Waals surface area contributed by atoms with Gasteiger partial charge in [-0.05, 0) is 31.2 Å². The lowest BCUT2D eigenvalue weighted by Gasteiger charge is -2.00. The van der Waals surface area contributed by atoms with Crippen molar-refractivity contribution < 1.29 is 9.59 Å². The number of hydrogen-bond acceptors (Lipinski definition) is 3. The summed E-state index contributed by atoms with van der Waals surface area (Å²) in [5, 5.41) is 2.70. The fourth-order valence-corrected chi connectivity index (χ4v) is 2.67. The Morgan fingerprint density at radius 2 is 1.86 bits per heavy atom. The fraction of sp³-hybridized carbons (Fsp3) is 0.222. The summed E-state index contributed by atoms with van der Waals surface area (Å²) < 4.78 is 0. The van der Waals surface area contributed by atoms with E-state index in [1.54, 1.807) is 0 Å². The Labute approximate surface area is 134 Å². The van der Waals surface area contributed by atoms with Gasteiger partial charge in [-0.15, -0.1) is 11.3 Å². The Bertz CT molecular complexity index is 707. The summed E-state index contributed by atoms with van der Waals surface area (Å²) >= 11 is 1.46. The average Bonchev–Trinajstić information content (AvgIpc) is 2.97. The van der Waals surface area contributed by atoms with Gasteiger partial charge in [0.1, 0.15) is 0 Å². The van der Waals surface area contributed by atoms with Crippen molar-refractivity contribution in [2.24, 2.45) is 0 Å². The van der Waals surface area contributed by atoms with Crippen molar-refractivity contribution in [3.8, 4) is 11.8 Å². The van der Waals surface area contributed by atoms with E-state index in [0.717, 1.165) is 10.4 Å². The van der Waals surface area contributed by atoms with Gasteiger partial charge in [-0.3, -0.25) is 9.59 Å². The van der Waals surface area contributed by atoms with Gasteiger partial charge in [0, 0.05) is 23.3 Å². The summed E-state index contributed by atoms with van der Waals surface area (Å²) in [6.07, 6.45) is 0.431. The Morgan fingerprint density at radius 3 is 2.55 bits per heavy atom. The van der Waals surface area contributed by atoms with Crippen LogP contribution in [0.1, 0.15) is 33.0 Å². The predicted octanol–water partition coefficient (Wildman–Crippen LogP) is 3.19. The topological polar surface area (TPSA) is 46.2 Å². The number of nitrogens with one attached hydrogen (secondary N) is 1. The minimum absolute atomic E-state index is 0.0172. The van der Waals surface area contributed by atoms with Gasteiger partial charge in [-0.25, -0.2) is 0 Å². The Balaban J connectivity index is 1.70. The summed E-state index contributed by atoms with van der Waals surface area (Å²) in [4.78, 5) is 25.4. The largest absolute Gasteiger partial charge is 0.345 e. The van der Waals surface area contributed by atoms with E-state index in [-0.39, 0.29) is 24.5 Å². The van der Waals surface area contributed by atoms with Crippen LogP contribution >= 0.6 is 11.3 Å². The van der Waals surface area contributed by atoms with Crippen molar-refractivity contribution >= 4 is 23.0 Å². The van der Waals surface area contributed by atoms with Gasteiger partial charge >= 0.3 is 0 Å². The minimum Gasteiger partial charge on any atom is -0.345 e. The lowest BCUT2D eigenvalue weighted by atomic mass is 10.2. The zero-order valence-corrected chi connectivity index (χ0v) is 13.2. The maximum absolute atomic E-state index is 11.9. The summed E-state index contributed by atoms with van der Waals surface area (Å²) in [6, 6.07) is 13.3. The third kappa shape index (κ3) is 5.19. The third-order valence-corrected chi connectivity index (χ3v) is 4.02. The van der Waals surface area contributed by atoms with E-state index >= 15 is 0 Å². The van der Waals surface area contributed by atoms with Crippen LogP contribution in [-0.4, -0.2) is 18.2 Å². The molecule has 0 spiro atoms. The normalized spacial score (nSPS) is 9.68. The van der Waals surface area contributed by atoms with Gasteiger partial charge in [0.25, 0.3) is 0 Å². The van der Waals surface area contributed by atoms with Crippen molar-refractivity contribution in [3.63, 3.8) is 0 Å². The molecule has 0 atom stereocenters. The molecule has 0 fully saturated rings. The van der Waals surface area contributed by atoms with E-state index in [9.17, 15) is 9.59 Å². The summed E-state index contributed by atoms with van der Waals surface area (Å²) in [5.74, 6) is 5.72. The number of hydrogen-bond donors (Lipinski definition) is 1. The summed E-state index contributed by atoms with van der Waals surface area (Å²) in [7, 11) is 0. The molecule has 4 heteroatoms. The first-order valence-electron chi connectivity index (χ1n) is 7.05. The Morgan fingerprint density at radius 1 is 1.09 bits per heavy atom. The molecule has 0 saturated heterocycles. The highest BCUT2D eigenvalue weighted by Crippen LogP contribution is 2.17. The maximum atomic E-state index is 11.9. The zero-order valence-electron chi connectivity index (χ0n) is 12.4. The zero-order chi connectivity index (χ0) is 15.8. The molecule has 2 aromatic rings. The molecule has 0 aliphatic carbocycles. The van der Waals surface area contributed by atoms with Crippen LogP contribution in [0.15, 0.2) is 42.5 Å². The number of aryl methyl sites for hydroxylation is 1. The molecule has 0 aliphatic rings. The molecule has 1 heterocycles. The fourth-order valence-electron chi connectivity index (χ4n) is 1.83. The van der Waals surface area contributed by atoms with E-state index in [1.165, 1.54) is 11.3 Å². The predicted molar refractivity (Wildman–Crippen MR) is 89.0 cm³/mol. The molecule has 22 heavy (non-hydrogen) atoms. The molecule has 0 bridgehead atoms. The first-order chi connectivity index (χ1) is 10.6. The second-order valence-corrected chi connectivity index (χ2v) is 6.07. The molecule has 0 radical (unpaired) electrons. The first kappa shape index (κ1) is 16.0. The Kier molecular flexibility index (Phi) is 5.93. The van der Waals surface area contributed by atoms with Crippen LogP contribution < -0.4 is 5.32 Å². The number of Topliss-reactive ketones (excluding diaryl/α,β-unsaturated/α-hetero) is 1. The van der Waals surface area contributed by atoms with E-state index in [0.29, 0.717) is 11.4 Å². The molecule has 3 nitrogen and oxygen atoms in total. The van der Waals surface area contributed by atoms with Crippen LogP contribution in [0.25, 0.3) is 0 Å². The number of benzene rings is 1. The quantitative estimate of drug-likeness (QED) is 0.681. The van der Waals surface area contributed by atoms with Crippen LogP contribution in [0.4, 0.5) is 0 Å². The van der Waals surface area contributed by atoms with Crippen LogP contribution in [0.2, 0.25) is 0 Å². The molecule has 1 N–H and O–H groups in total. The summed E-state index contributed by atoms with van der Waals surface area (Å²) in [6.45, 7) is 2.25. The molecule has 1 amide bonds. The average molecular weight is 311 g/mol. The standard InChI is InChI=1S/C18H17NO2S/c1-14-9-11-17(22-14)16(20)10-12-18(21)19-13-5-8-15-6-3-2-4-7-15/h2-4,6-7,9,11H,10,12-13H2,1H3,(H,19,21). The maximum Gasteiger partial charge on any atom is 0.221 e. The molecule has 112 valence electrons. The molecule has 0 aliphatic heterocycles. The summed E-state index contributed by atoms with van der Waals surface area (Å²) in [5.41, 5.74) is 0.917. The molecule has 2 rings (SSSR count).